The molecule has 1 unspecified atom stereocenters. The van der Waals surface area contributed by atoms with Gasteiger partial charge in [0.1, 0.15) is 5.75 Å². The highest BCUT2D eigenvalue weighted by atomic mass is 32.2. The Labute approximate surface area is 182 Å². The number of thioether (sulfide) groups is 1. The average molecular weight is 427 g/mol. The number of aryl methyl sites for hydroxylation is 2. The Morgan fingerprint density at radius 1 is 1.17 bits per heavy atom. The van der Waals surface area contributed by atoms with Crippen LogP contribution in [0.5, 0.6) is 5.75 Å². The molecule has 1 aromatic carbocycles. The van der Waals surface area contributed by atoms with E-state index >= 15 is 0 Å². The first-order valence-corrected chi connectivity index (χ1v) is 12.0. The monoisotopic (exact) mass is 426 g/mol. The fourth-order valence-electron chi connectivity index (χ4n) is 6.39. The minimum Gasteiger partial charge on any atom is -0.484 e. The van der Waals surface area contributed by atoms with E-state index in [0.717, 1.165) is 53.9 Å². The Kier molecular flexibility index (Phi) is 5.16. The molecule has 6 rings (SSSR count). The van der Waals surface area contributed by atoms with Gasteiger partial charge >= 0.3 is 0 Å². The summed E-state index contributed by atoms with van der Waals surface area (Å²) in [6, 6.07) is 6.11. The van der Waals surface area contributed by atoms with Crippen LogP contribution in [0, 0.1) is 37.0 Å². The number of Topliss-reactive ketones (excluding diaryl/α,β-unsaturated/α-hetero) is 1. The highest BCUT2D eigenvalue weighted by Gasteiger charge is 2.55. The average Bonchev–Trinajstić information content (AvgIpc) is 3.14. The van der Waals surface area contributed by atoms with E-state index < -0.39 is 0 Å². The molecule has 2 aromatic rings. The first-order chi connectivity index (χ1) is 14.4. The second-order valence-electron chi connectivity index (χ2n) is 9.84. The van der Waals surface area contributed by atoms with Crippen LogP contribution in [-0.2, 0) is 11.4 Å². The van der Waals surface area contributed by atoms with Crippen molar-refractivity contribution >= 4 is 17.5 Å². The largest absolute Gasteiger partial charge is 0.484 e. The van der Waals surface area contributed by atoms with Gasteiger partial charge in [-0.2, -0.15) is 0 Å². The maximum atomic E-state index is 13.5. The minimum absolute atomic E-state index is 0.0875. The number of carbonyl (C=O) groups is 1. The predicted molar refractivity (Wildman–Crippen MR) is 115 cm³/mol. The molecular formula is C24H30N2O3S. The van der Waals surface area contributed by atoms with E-state index in [1.165, 1.54) is 31.0 Å². The maximum Gasteiger partial charge on any atom is 0.277 e. The third-order valence-electron chi connectivity index (χ3n) is 7.35. The van der Waals surface area contributed by atoms with Crippen molar-refractivity contribution in [3.63, 3.8) is 0 Å². The van der Waals surface area contributed by atoms with Crippen molar-refractivity contribution in [1.82, 2.24) is 10.2 Å². The molecule has 1 aromatic heterocycles. The number of hydrogen-bond donors (Lipinski definition) is 0. The maximum absolute atomic E-state index is 13.5. The molecule has 4 aliphatic carbocycles. The van der Waals surface area contributed by atoms with Crippen molar-refractivity contribution in [2.75, 3.05) is 0 Å². The molecular weight excluding hydrogens is 396 g/mol. The van der Waals surface area contributed by atoms with Crippen molar-refractivity contribution in [3.8, 4) is 5.75 Å². The van der Waals surface area contributed by atoms with Gasteiger partial charge in [-0.3, -0.25) is 4.79 Å². The van der Waals surface area contributed by atoms with Crippen LogP contribution in [0.1, 0.15) is 62.5 Å². The summed E-state index contributed by atoms with van der Waals surface area (Å²) < 4.78 is 11.6. The molecule has 4 fully saturated rings. The highest BCUT2D eigenvalue weighted by molar-refractivity contribution is 8.00. The number of nitrogens with zero attached hydrogens (tertiary/aromatic N) is 2. The van der Waals surface area contributed by atoms with Crippen molar-refractivity contribution in [1.29, 1.82) is 0 Å². The lowest BCUT2D eigenvalue weighted by molar-refractivity contribution is -0.143. The standard InChI is InChI=1S/C24H30N2O3S/c1-14-4-5-15(2)20(6-14)28-13-21-25-26-23(29-21)30-16(3)22(27)24-10-17-7-18(11-24)9-19(8-17)12-24/h4-6,16-19H,7-13H2,1-3H3. The van der Waals surface area contributed by atoms with Gasteiger partial charge in [-0.1, -0.05) is 23.9 Å². The summed E-state index contributed by atoms with van der Waals surface area (Å²) in [7, 11) is 0. The molecule has 0 aliphatic heterocycles. The fraction of sp³-hybridized carbons (Fsp3) is 0.625. The third kappa shape index (κ3) is 3.79. The Morgan fingerprint density at radius 3 is 2.50 bits per heavy atom. The van der Waals surface area contributed by atoms with Crippen LogP contribution in [-0.4, -0.2) is 21.2 Å². The molecule has 0 saturated heterocycles. The Hall–Kier alpha value is -1.82. The highest BCUT2D eigenvalue weighted by Crippen LogP contribution is 2.61. The number of aromatic nitrogens is 2. The number of rotatable bonds is 7. The van der Waals surface area contributed by atoms with Crippen LogP contribution in [0.2, 0.25) is 0 Å². The van der Waals surface area contributed by atoms with E-state index in [4.69, 9.17) is 9.15 Å². The molecule has 0 N–H and O–H groups in total. The lowest BCUT2D eigenvalue weighted by Gasteiger charge is -2.56. The van der Waals surface area contributed by atoms with Crippen molar-refractivity contribution in [3.05, 3.63) is 35.2 Å². The van der Waals surface area contributed by atoms with Crippen LogP contribution in [0.3, 0.4) is 0 Å². The zero-order chi connectivity index (χ0) is 20.9. The zero-order valence-electron chi connectivity index (χ0n) is 18.0. The van der Waals surface area contributed by atoms with Gasteiger partial charge in [0.05, 0.1) is 5.25 Å². The Morgan fingerprint density at radius 2 is 1.83 bits per heavy atom. The molecule has 160 valence electrons. The molecule has 1 atom stereocenters. The topological polar surface area (TPSA) is 65.2 Å². The summed E-state index contributed by atoms with van der Waals surface area (Å²) in [5.74, 6) is 3.98. The van der Waals surface area contributed by atoms with Crippen molar-refractivity contribution in [2.45, 2.75) is 76.4 Å². The normalized spacial score (nSPS) is 30.4. The van der Waals surface area contributed by atoms with Crippen LogP contribution in [0.15, 0.2) is 27.8 Å². The number of benzene rings is 1. The van der Waals surface area contributed by atoms with Gasteiger partial charge in [0.15, 0.2) is 12.4 Å². The third-order valence-corrected chi connectivity index (χ3v) is 8.29. The van der Waals surface area contributed by atoms with Gasteiger partial charge in [-0.25, -0.2) is 0 Å². The van der Waals surface area contributed by atoms with E-state index in [9.17, 15) is 4.79 Å². The number of hydrogen-bond acceptors (Lipinski definition) is 6. The first-order valence-electron chi connectivity index (χ1n) is 11.1. The second kappa shape index (κ2) is 7.70. The van der Waals surface area contributed by atoms with Gasteiger partial charge < -0.3 is 9.15 Å². The summed E-state index contributed by atoms with van der Waals surface area (Å²) in [4.78, 5) is 13.5. The van der Waals surface area contributed by atoms with Gasteiger partial charge in [0.25, 0.3) is 11.1 Å². The summed E-state index contributed by atoms with van der Waals surface area (Å²) in [5.41, 5.74) is 2.13. The van der Waals surface area contributed by atoms with Crippen LogP contribution >= 0.6 is 11.8 Å². The quantitative estimate of drug-likeness (QED) is 0.542. The number of ketones is 1. The smallest absolute Gasteiger partial charge is 0.277 e. The zero-order valence-corrected chi connectivity index (χ0v) is 18.8. The SMILES string of the molecule is Cc1ccc(C)c(OCc2nnc(SC(C)C(=O)C34CC5CC(CC(C5)C3)C4)o2)c1. The Bertz CT molecular complexity index is 918. The lowest BCUT2D eigenvalue weighted by Crippen LogP contribution is -2.51. The van der Waals surface area contributed by atoms with Gasteiger partial charge in [0, 0.05) is 5.41 Å². The van der Waals surface area contributed by atoms with Crippen molar-refractivity contribution < 1.29 is 13.9 Å². The molecule has 5 nitrogen and oxygen atoms in total. The molecule has 0 amide bonds. The van der Waals surface area contributed by atoms with Crippen LogP contribution < -0.4 is 4.74 Å². The van der Waals surface area contributed by atoms with E-state index in [2.05, 4.69) is 16.3 Å². The van der Waals surface area contributed by atoms with Crippen LogP contribution in [0.25, 0.3) is 0 Å². The summed E-state index contributed by atoms with van der Waals surface area (Å²) in [6.45, 7) is 6.29. The van der Waals surface area contributed by atoms with Gasteiger partial charge in [-0.05, 0) is 94.2 Å². The molecule has 4 bridgehead atoms. The van der Waals surface area contributed by atoms with E-state index in [0.29, 0.717) is 16.9 Å². The van der Waals surface area contributed by atoms with E-state index in [-0.39, 0.29) is 17.3 Å². The predicted octanol–water partition coefficient (Wildman–Crippen LogP) is 5.53. The second-order valence-corrected chi connectivity index (χ2v) is 11.1. The van der Waals surface area contributed by atoms with Gasteiger partial charge in [0.2, 0.25) is 0 Å². The first kappa shape index (κ1) is 20.1. The molecule has 0 radical (unpaired) electrons. The molecule has 1 heterocycles. The minimum atomic E-state index is -0.158. The molecule has 30 heavy (non-hydrogen) atoms. The van der Waals surface area contributed by atoms with E-state index in [1.54, 1.807) is 0 Å². The number of carbonyl (C=O) groups excluding carboxylic acids is 1. The summed E-state index contributed by atoms with van der Waals surface area (Å²) >= 11 is 1.40. The molecule has 6 heteroatoms. The lowest BCUT2D eigenvalue weighted by atomic mass is 9.48. The van der Waals surface area contributed by atoms with Gasteiger partial charge in [-0.15, -0.1) is 10.2 Å². The van der Waals surface area contributed by atoms with Crippen molar-refractivity contribution in [2.24, 2.45) is 23.2 Å². The fourth-order valence-corrected chi connectivity index (χ4v) is 7.29. The Balaban J connectivity index is 1.21. The molecule has 4 saturated carbocycles. The molecule has 0 spiro atoms. The summed E-state index contributed by atoms with van der Waals surface area (Å²) in [6.07, 6.45) is 7.34. The van der Waals surface area contributed by atoms with E-state index in [1.807, 2.05) is 32.9 Å². The summed E-state index contributed by atoms with van der Waals surface area (Å²) in [5, 5.41) is 8.57. The molecule has 4 aliphatic rings. The van der Waals surface area contributed by atoms with Crippen LogP contribution in [0.4, 0.5) is 0 Å². The number of ether oxygens (including phenoxy) is 1.